The van der Waals surface area contributed by atoms with Gasteiger partial charge in [0.1, 0.15) is 0 Å². The van der Waals surface area contributed by atoms with E-state index in [9.17, 15) is 0 Å². The van der Waals surface area contributed by atoms with Crippen molar-refractivity contribution in [1.82, 2.24) is 0 Å². The van der Waals surface area contributed by atoms with Gasteiger partial charge in [0.15, 0.2) is 0 Å². The Bertz CT molecular complexity index is 447. The molecule has 0 fully saturated rings. The van der Waals surface area contributed by atoms with E-state index in [1.54, 1.807) is 22.7 Å². The average Bonchev–Trinajstić information content (AvgIpc) is 2.84. The fourth-order valence-corrected chi connectivity index (χ4v) is 4.16. The number of hydrogen-bond acceptors (Lipinski definition) is 3. The van der Waals surface area contributed by atoms with Crippen LogP contribution in [0, 0.1) is 0 Å². The largest absolute Gasteiger partial charge is 0.320 e. The molecule has 0 amide bonds. The highest BCUT2D eigenvalue weighted by atomic mass is 79.9. The van der Waals surface area contributed by atoms with Crippen molar-refractivity contribution >= 4 is 38.6 Å². The van der Waals surface area contributed by atoms with Crippen LogP contribution in [0.5, 0.6) is 0 Å². The van der Waals surface area contributed by atoms with E-state index in [4.69, 9.17) is 5.73 Å². The maximum atomic E-state index is 6.27. The number of aryl methyl sites for hydroxylation is 1. The lowest BCUT2D eigenvalue weighted by Crippen LogP contribution is -2.11. The van der Waals surface area contributed by atoms with Gasteiger partial charge in [0.2, 0.25) is 0 Å². The number of halogens is 1. The summed E-state index contributed by atoms with van der Waals surface area (Å²) >= 11 is 6.96. The molecule has 4 heteroatoms. The van der Waals surface area contributed by atoms with Crippen LogP contribution in [0.4, 0.5) is 0 Å². The standard InChI is InChI=1S/C11H12BrNS2/c1-2-7-3-4-15-11(7)10(13)8-5-14-6-9(8)12/h3-6,10H,2,13H2,1H3. The molecule has 2 heterocycles. The lowest BCUT2D eigenvalue weighted by molar-refractivity contribution is 0.874. The van der Waals surface area contributed by atoms with E-state index in [1.807, 2.05) is 0 Å². The Morgan fingerprint density at radius 3 is 2.87 bits per heavy atom. The van der Waals surface area contributed by atoms with Gasteiger partial charge in [-0.25, -0.2) is 0 Å². The van der Waals surface area contributed by atoms with Crippen molar-refractivity contribution in [1.29, 1.82) is 0 Å². The maximum absolute atomic E-state index is 6.27. The third-order valence-corrected chi connectivity index (χ3v) is 5.22. The van der Waals surface area contributed by atoms with E-state index < -0.39 is 0 Å². The molecule has 2 aromatic heterocycles. The van der Waals surface area contributed by atoms with Crippen LogP contribution in [-0.2, 0) is 6.42 Å². The van der Waals surface area contributed by atoms with Crippen LogP contribution in [-0.4, -0.2) is 0 Å². The van der Waals surface area contributed by atoms with Crippen molar-refractivity contribution in [3.63, 3.8) is 0 Å². The van der Waals surface area contributed by atoms with Gasteiger partial charge < -0.3 is 5.73 Å². The molecular formula is C11H12BrNS2. The van der Waals surface area contributed by atoms with Crippen molar-refractivity contribution < 1.29 is 0 Å². The van der Waals surface area contributed by atoms with Crippen LogP contribution in [0.2, 0.25) is 0 Å². The number of thiophene rings is 2. The SMILES string of the molecule is CCc1ccsc1C(N)c1cscc1Br. The molecule has 15 heavy (non-hydrogen) atoms. The molecule has 2 rings (SSSR count). The first-order chi connectivity index (χ1) is 7.24. The number of hydrogen-bond donors (Lipinski definition) is 1. The highest BCUT2D eigenvalue weighted by molar-refractivity contribution is 9.10. The second kappa shape index (κ2) is 4.78. The minimum Gasteiger partial charge on any atom is -0.320 e. The van der Waals surface area contributed by atoms with Crippen LogP contribution in [0.15, 0.2) is 26.7 Å². The van der Waals surface area contributed by atoms with Crippen LogP contribution in [0.25, 0.3) is 0 Å². The van der Waals surface area contributed by atoms with Crippen molar-refractivity contribution in [3.05, 3.63) is 42.7 Å². The van der Waals surface area contributed by atoms with Gasteiger partial charge >= 0.3 is 0 Å². The van der Waals surface area contributed by atoms with Crippen LogP contribution in [0.3, 0.4) is 0 Å². The van der Waals surface area contributed by atoms with E-state index in [0.29, 0.717) is 0 Å². The quantitative estimate of drug-likeness (QED) is 0.904. The molecule has 1 atom stereocenters. The monoisotopic (exact) mass is 301 g/mol. The van der Waals surface area contributed by atoms with Gasteiger partial charge in [-0.3, -0.25) is 0 Å². The Morgan fingerprint density at radius 1 is 1.47 bits per heavy atom. The summed E-state index contributed by atoms with van der Waals surface area (Å²) in [4.78, 5) is 1.29. The van der Waals surface area contributed by atoms with Gasteiger partial charge in [0, 0.05) is 14.7 Å². The highest BCUT2D eigenvalue weighted by Gasteiger charge is 2.16. The van der Waals surface area contributed by atoms with Gasteiger partial charge in [0.05, 0.1) is 6.04 Å². The van der Waals surface area contributed by atoms with Crippen molar-refractivity contribution in [2.75, 3.05) is 0 Å². The first-order valence-corrected chi connectivity index (χ1v) is 7.39. The van der Waals surface area contributed by atoms with Gasteiger partial charge in [-0.05, 0) is 50.3 Å². The predicted octanol–water partition coefficient (Wildman–Crippen LogP) is 4.18. The summed E-state index contributed by atoms with van der Waals surface area (Å²) in [5.41, 5.74) is 8.83. The second-order valence-corrected chi connectivity index (χ2v) is 5.86. The molecule has 0 saturated carbocycles. The van der Waals surface area contributed by atoms with Gasteiger partial charge in [-0.1, -0.05) is 6.92 Å². The molecular weight excluding hydrogens is 290 g/mol. The summed E-state index contributed by atoms with van der Waals surface area (Å²) in [6.07, 6.45) is 1.05. The molecule has 0 aliphatic rings. The molecule has 0 bridgehead atoms. The van der Waals surface area contributed by atoms with E-state index in [-0.39, 0.29) is 6.04 Å². The molecule has 2 N–H and O–H groups in total. The zero-order chi connectivity index (χ0) is 10.8. The van der Waals surface area contributed by atoms with Gasteiger partial charge in [0.25, 0.3) is 0 Å². The Kier molecular flexibility index (Phi) is 3.61. The maximum Gasteiger partial charge on any atom is 0.0668 e. The predicted molar refractivity (Wildman–Crippen MR) is 71.7 cm³/mol. The molecule has 0 aliphatic carbocycles. The normalized spacial score (nSPS) is 13.0. The molecule has 0 radical (unpaired) electrons. The van der Waals surface area contributed by atoms with Gasteiger partial charge in [-0.15, -0.1) is 11.3 Å². The third-order valence-electron chi connectivity index (χ3n) is 2.42. The van der Waals surface area contributed by atoms with E-state index >= 15 is 0 Å². The number of rotatable bonds is 3. The molecule has 0 aliphatic heterocycles. The zero-order valence-corrected chi connectivity index (χ0v) is 11.6. The topological polar surface area (TPSA) is 26.0 Å². The van der Waals surface area contributed by atoms with Crippen molar-refractivity contribution in [2.45, 2.75) is 19.4 Å². The molecule has 0 aromatic carbocycles. The summed E-state index contributed by atoms with van der Waals surface area (Å²) in [5, 5.41) is 6.32. The summed E-state index contributed by atoms with van der Waals surface area (Å²) < 4.78 is 1.12. The third kappa shape index (κ3) is 2.18. The summed E-state index contributed by atoms with van der Waals surface area (Å²) in [6.45, 7) is 2.17. The fraction of sp³-hybridized carbons (Fsp3) is 0.273. The average molecular weight is 302 g/mol. The van der Waals surface area contributed by atoms with E-state index in [1.165, 1.54) is 16.0 Å². The van der Waals surface area contributed by atoms with Crippen LogP contribution in [0.1, 0.15) is 29.0 Å². The highest BCUT2D eigenvalue weighted by Crippen LogP contribution is 2.34. The Hall–Kier alpha value is -0.160. The molecule has 1 nitrogen and oxygen atoms in total. The summed E-state index contributed by atoms with van der Waals surface area (Å²) in [7, 11) is 0. The van der Waals surface area contributed by atoms with Crippen molar-refractivity contribution in [2.24, 2.45) is 5.73 Å². The Labute approximate surface area is 106 Å². The summed E-state index contributed by atoms with van der Waals surface area (Å²) in [5.74, 6) is 0. The minimum atomic E-state index is 0.0144. The number of nitrogens with two attached hydrogens (primary N) is 1. The Morgan fingerprint density at radius 2 is 2.27 bits per heavy atom. The second-order valence-electron chi connectivity index (χ2n) is 3.32. The lowest BCUT2D eigenvalue weighted by Gasteiger charge is -2.11. The summed E-state index contributed by atoms with van der Waals surface area (Å²) in [6, 6.07) is 2.18. The molecule has 0 saturated heterocycles. The minimum absolute atomic E-state index is 0.0144. The fourth-order valence-electron chi connectivity index (χ4n) is 1.57. The van der Waals surface area contributed by atoms with E-state index in [2.05, 4.69) is 45.1 Å². The van der Waals surface area contributed by atoms with Gasteiger partial charge in [-0.2, -0.15) is 11.3 Å². The molecule has 2 aromatic rings. The molecule has 1 unspecified atom stereocenters. The molecule has 0 spiro atoms. The van der Waals surface area contributed by atoms with Crippen LogP contribution < -0.4 is 5.73 Å². The van der Waals surface area contributed by atoms with E-state index in [0.717, 1.165) is 10.9 Å². The van der Waals surface area contributed by atoms with Crippen LogP contribution >= 0.6 is 38.6 Å². The Balaban J connectivity index is 2.36. The smallest absolute Gasteiger partial charge is 0.0668 e. The first-order valence-electron chi connectivity index (χ1n) is 4.77. The lowest BCUT2D eigenvalue weighted by atomic mass is 10.1. The first kappa shape index (κ1) is 11.3. The zero-order valence-electron chi connectivity index (χ0n) is 8.37. The molecule has 80 valence electrons. The van der Waals surface area contributed by atoms with Crippen molar-refractivity contribution in [3.8, 4) is 0 Å².